The van der Waals surface area contributed by atoms with Crippen LogP contribution in [0.2, 0.25) is 0 Å². The highest BCUT2D eigenvalue weighted by atomic mass is 79.9. The second kappa shape index (κ2) is 14.1. The second-order valence-electron chi connectivity index (χ2n) is 10.1. The highest BCUT2D eigenvalue weighted by Crippen LogP contribution is 2.20. The minimum absolute atomic E-state index is 0.0202. The van der Waals surface area contributed by atoms with Crippen molar-refractivity contribution in [1.29, 1.82) is 0 Å². The average molecular weight is 564 g/mol. The smallest absolute Gasteiger partial charge is 0.243 e. The first kappa shape index (κ1) is 28.6. The third-order valence-corrected chi connectivity index (χ3v) is 7.28. The van der Waals surface area contributed by atoms with E-state index >= 15 is 0 Å². The molecule has 0 saturated carbocycles. The Balaban J connectivity index is 1.89. The number of aryl methyl sites for hydroxylation is 1. The number of hydrogen-bond acceptors (Lipinski definition) is 2. The van der Waals surface area contributed by atoms with Crippen LogP contribution in [0.15, 0.2) is 83.3 Å². The molecule has 37 heavy (non-hydrogen) atoms. The molecular weight excluding hydrogens is 524 g/mol. The number of carbonyl (C=O) groups is 2. The predicted octanol–water partition coefficient (Wildman–Crippen LogP) is 7.06. The lowest BCUT2D eigenvalue weighted by Gasteiger charge is -2.32. The van der Waals surface area contributed by atoms with Crippen LogP contribution in [0.25, 0.3) is 0 Å². The van der Waals surface area contributed by atoms with Gasteiger partial charge in [0.1, 0.15) is 6.04 Å². The standard InChI is InChI=1S/C32H39BrN2O2/c1-5-24(4)34-32(37)30(21-26-10-7-6-8-11-26)35(22-27-12-9-13-29(33)20-27)31(36)19-16-25-14-17-28(18-15-25)23(2)3/h6-15,17-18,20,23-24,30H,5,16,19,21-22H2,1-4H3,(H,34,37)/t24-,30-/m1/s1. The summed E-state index contributed by atoms with van der Waals surface area (Å²) in [6.45, 7) is 8.77. The molecule has 0 bridgehead atoms. The molecule has 0 aliphatic carbocycles. The Morgan fingerprint density at radius 3 is 2.16 bits per heavy atom. The number of halogens is 1. The third-order valence-electron chi connectivity index (χ3n) is 6.79. The van der Waals surface area contributed by atoms with Crippen LogP contribution in [0.1, 0.15) is 68.7 Å². The van der Waals surface area contributed by atoms with Crippen molar-refractivity contribution in [3.8, 4) is 0 Å². The average Bonchev–Trinajstić information content (AvgIpc) is 2.90. The zero-order chi connectivity index (χ0) is 26.8. The molecule has 2 amide bonds. The van der Waals surface area contributed by atoms with Gasteiger partial charge in [0.25, 0.3) is 0 Å². The Labute approximate surface area is 230 Å². The minimum Gasteiger partial charge on any atom is -0.352 e. The molecule has 0 unspecified atom stereocenters. The van der Waals surface area contributed by atoms with E-state index in [2.05, 4.69) is 59.4 Å². The number of benzene rings is 3. The van der Waals surface area contributed by atoms with Gasteiger partial charge in [0.2, 0.25) is 11.8 Å². The lowest BCUT2D eigenvalue weighted by molar-refractivity contribution is -0.141. The first-order valence-corrected chi connectivity index (χ1v) is 14.0. The summed E-state index contributed by atoms with van der Waals surface area (Å²) in [5.74, 6) is 0.343. The molecule has 0 aliphatic heterocycles. The number of rotatable bonds is 12. The molecule has 1 N–H and O–H groups in total. The summed E-state index contributed by atoms with van der Waals surface area (Å²) in [6.07, 6.45) is 2.27. The zero-order valence-electron chi connectivity index (χ0n) is 22.4. The van der Waals surface area contributed by atoms with Crippen LogP contribution >= 0.6 is 15.9 Å². The van der Waals surface area contributed by atoms with Crippen LogP contribution in [0.5, 0.6) is 0 Å². The maximum Gasteiger partial charge on any atom is 0.243 e. The van der Waals surface area contributed by atoms with E-state index in [9.17, 15) is 9.59 Å². The Morgan fingerprint density at radius 1 is 0.865 bits per heavy atom. The molecule has 3 aromatic rings. The van der Waals surface area contributed by atoms with Gasteiger partial charge in [-0.25, -0.2) is 0 Å². The number of nitrogens with zero attached hydrogens (tertiary/aromatic N) is 1. The van der Waals surface area contributed by atoms with E-state index in [4.69, 9.17) is 0 Å². The number of amides is 2. The first-order valence-electron chi connectivity index (χ1n) is 13.2. The lowest BCUT2D eigenvalue weighted by Crippen LogP contribution is -2.52. The molecule has 0 spiro atoms. The van der Waals surface area contributed by atoms with Crippen LogP contribution in [0, 0.1) is 0 Å². The molecule has 2 atom stereocenters. The minimum atomic E-state index is -0.605. The Bertz CT molecular complexity index is 1140. The summed E-state index contributed by atoms with van der Waals surface area (Å²) in [6, 6.07) is 25.8. The van der Waals surface area contributed by atoms with Crippen LogP contribution < -0.4 is 5.32 Å². The quantitative estimate of drug-likeness (QED) is 0.257. The topological polar surface area (TPSA) is 49.4 Å². The van der Waals surface area contributed by atoms with Crippen molar-refractivity contribution in [2.24, 2.45) is 0 Å². The van der Waals surface area contributed by atoms with Crippen LogP contribution in [0.4, 0.5) is 0 Å². The fraction of sp³-hybridized carbons (Fsp3) is 0.375. The van der Waals surface area contributed by atoms with E-state index < -0.39 is 6.04 Å². The lowest BCUT2D eigenvalue weighted by atomic mass is 9.99. The van der Waals surface area contributed by atoms with Gasteiger partial charge in [-0.15, -0.1) is 0 Å². The van der Waals surface area contributed by atoms with Crippen molar-refractivity contribution in [2.45, 2.75) is 77.9 Å². The summed E-state index contributed by atoms with van der Waals surface area (Å²) in [5.41, 5.74) is 4.43. The van der Waals surface area contributed by atoms with E-state index in [0.717, 1.165) is 27.6 Å². The summed E-state index contributed by atoms with van der Waals surface area (Å²) in [5, 5.41) is 3.13. The van der Waals surface area contributed by atoms with Gasteiger partial charge in [0, 0.05) is 29.9 Å². The summed E-state index contributed by atoms with van der Waals surface area (Å²) >= 11 is 3.55. The van der Waals surface area contributed by atoms with Crippen LogP contribution in [-0.2, 0) is 29.0 Å². The third kappa shape index (κ3) is 8.85. The maximum atomic E-state index is 13.8. The molecule has 4 nitrogen and oxygen atoms in total. The zero-order valence-corrected chi connectivity index (χ0v) is 24.0. The molecular formula is C32H39BrN2O2. The van der Waals surface area contributed by atoms with Crippen molar-refractivity contribution in [2.75, 3.05) is 0 Å². The molecule has 3 rings (SSSR count). The number of hydrogen-bond donors (Lipinski definition) is 1. The highest BCUT2D eigenvalue weighted by Gasteiger charge is 2.30. The molecule has 3 aromatic carbocycles. The maximum absolute atomic E-state index is 13.8. The van der Waals surface area contributed by atoms with Crippen LogP contribution in [-0.4, -0.2) is 28.8 Å². The summed E-state index contributed by atoms with van der Waals surface area (Å²) in [4.78, 5) is 29.2. The molecule has 0 radical (unpaired) electrons. The summed E-state index contributed by atoms with van der Waals surface area (Å²) in [7, 11) is 0. The Morgan fingerprint density at radius 2 is 1.54 bits per heavy atom. The van der Waals surface area contributed by atoms with Gasteiger partial charge < -0.3 is 10.2 Å². The van der Waals surface area contributed by atoms with Gasteiger partial charge in [0.05, 0.1) is 0 Å². The van der Waals surface area contributed by atoms with Gasteiger partial charge >= 0.3 is 0 Å². The molecule has 5 heteroatoms. The van der Waals surface area contributed by atoms with Crippen molar-refractivity contribution in [3.05, 3.63) is 106 Å². The fourth-order valence-electron chi connectivity index (χ4n) is 4.29. The molecule has 196 valence electrons. The van der Waals surface area contributed by atoms with Gasteiger partial charge in [-0.1, -0.05) is 103 Å². The normalized spacial score (nSPS) is 12.7. The van der Waals surface area contributed by atoms with E-state index in [1.165, 1.54) is 5.56 Å². The van der Waals surface area contributed by atoms with E-state index in [0.29, 0.717) is 31.7 Å². The predicted molar refractivity (Wildman–Crippen MR) is 155 cm³/mol. The summed E-state index contributed by atoms with van der Waals surface area (Å²) < 4.78 is 0.950. The number of nitrogens with one attached hydrogen (secondary N) is 1. The largest absolute Gasteiger partial charge is 0.352 e. The number of carbonyl (C=O) groups excluding carboxylic acids is 2. The van der Waals surface area contributed by atoms with E-state index in [1.807, 2.05) is 68.4 Å². The van der Waals surface area contributed by atoms with Gasteiger partial charge in [-0.05, 0) is 60.1 Å². The van der Waals surface area contributed by atoms with Gasteiger partial charge in [-0.2, -0.15) is 0 Å². The highest BCUT2D eigenvalue weighted by molar-refractivity contribution is 9.10. The Hall–Kier alpha value is -2.92. The fourth-order valence-corrected chi connectivity index (χ4v) is 4.74. The molecule has 0 aromatic heterocycles. The first-order chi connectivity index (χ1) is 17.8. The molecule has 0 heterocycles. The SMILES string of the molecule is CC[C@@H](C)NC(=O)[C@@H](Cc1ccccc1)N(Cc1cccc(Br)c1)C(=O)CCc1ccc(C(C)C)cc1. The van der Waals surface area contributed by atoms with Crippen molar-refractivity contribution < 1.29 is 9.59 Å². The van der Waals surface area contributed by atoms with Crippen molar-refractivity contribution in [3.63, 3.8) is 0 Å². The molecule has 0 aliphatic rings. The van der Waals surface area contributed by atoms with Gasteiger partial charge in [0.15, 0.2) is 0 Å². The Kier molecular flexibility index (Phi) is 10.9. The second-order valence-corrected chi connectivity index (χ2v) is 11.0. The van der Waals surface area contributed by atoms with Crippen molar-refractivity contribution >= 4 is 27.7 Å². The van der Waals surface area contributed by atoms with E-state index in [-0.39, 0.29) is 17.9 Å². The van der Waals surface area contributed by atoms with Crippen molar-refractivity contribution in [1.82, 2.24) is 10.2 Å². The van der Waals surface area contributed by atoms with E-state index in [1.54, 1.807) is 4.90 Å². The van der Waals surface area contributed by atoms with Gasteiger partial charge in [-0.3, -0.25) is 9.59 Å². The van der Waals surface area contributed by atoms with Crippen LogP contribution in [0.3, 0.4) is 0 Å². The molecule has 0 fully saturated rings. The monoisotopic (exact) mass is 562 g/mol. The molecule has 0 saturated heterocycles.